The summed E-state index contributed by atoms with van der Waals surface area (Å²) in [5.74, 6) is 0.666. The normalized spacial score (nSPS) is 10.8. The van der Waals surface area contributed by atoms with E-state index in [4.69, 9.17) is 16.3 Å². The van der Waals surface area contributed by atoms with Crippen molar-refractivity contribution in [3.8, 4) is 5.75 Å². The lowest BCUT2D eigenvalue weighted by Crippen LogP contribution is -2.04. The lowest BCUT2D eigenvalue weighted by atomic mass is 10.3. The molecule has 1 aromatic carbocycles. The van der Waals surface area contributed by atoms with Crippen LogP contribution in [0.3, 0.4) is 0 Å². The first-order chi connectivity index (χ1) is 9.10. The lowest BCUT2D eigenvalue weighted by molar-refractivity contribution is 0.415. The Balaban J connectivity index is 2.01. The van der Waals surface area contributed by atoms with Crippen LogP contribution in [0.4, 0.5) is 5.69 Å². The molecule has 19 heavy (non-hydrogen) atoms. The van der Waals surface area contributed by atoms with Gasteiger partial charge < -0.3 is 10.1 Å². The number of nitrogens with one attached hydrogen (secondary N) is 1. The average Bonchev–Trinajstić information content (AvgIpc) is 2.87. The Bertz CT molecular complexity index is 551. The van der Waals surface area contributed by atoms with Gasteiger partial charge in [-0.15, -0.1) is 0 Å². The second-order valence-corrected chi connectivity index (χ2v) is 4.99. The maximum atomic E-state index is 5.98. The maximum absolute atomic E-state index is 5.98. The van der Waals surface area contributed by atoms with Crippen LogP contribution in [-0.2, 0) is 6.54 Å². The number of halogens is 1. The molecule has 1 N–H and O–H groups in total. The highest BCUT2D eigenvalue weighted by Crippen LogP contribution is 2.27. The molecule has 2 rings (SSSR count). The van der Waals surface area contributed by atoms with Crippen molar-refractivity contribution in [2.24, 2.45) is 0 Å². The molecule has 102 valence electrons. The van der Waals surface area contributed by atoms with Crippen LogP contribution in [0.2, 0.25) is 5.02 Å². The second kappa shape index (κ2) is 5.97. The number of aromatic nitrogens is 2. The van der Waals surface area contributed by atoms with E-state index in [9.17, 15) is 0 Å². The highest BCUT2D eigenvalue weighted by Gasteiger charge is 2.04. The van der Waals surface area contributed by atoms with E-state index in [1.165, 1.54) is 0 Å². The number of hydrogen-bond donors (Lipinski definition) is 1. The van der Waals surface area contributed by atoms with Gasteiger partial charge in [0.1, 0.15) is 5.75 Å². The molecule has 0 unspecified atom stereocenters. The smallest absolute Gasteiger partial charge is 0.139 e. The zero-order valence-electron chi connectivity index (χ0n) is 11.4. The highest BCUT2D eigenvalue weighted by molar-refractivity contribution is 6.32. The van der Waals surface area contributed by atoms with Gasteiger partial charge in [0.05, 0.1) is 24.4 Å². The van der Waals surface area contributed by atoms with Crippen molar-refractivity contribution in [2.75, 3.05) is 12.4 Å². The molecule has 0 fully saturated rings. The summed E-state index contributed by atoms with van der Waals surface area (Å²) >= 11 is 5.98. The number of rotatable bonds is 5. The molecule has 0 saturated heterocycles. The van der Waals surface area contributed by atoms with E-state index in [0.29, 0.717) is 23.4 Å². The van der Waals surface area contributed by atoms with Gasteiger partial charge in [-0.2, -0.15) is 5.10 Å². The first kappa shape index (κ1) is 13.7. The molecule has 2 aromatic rings. The highest BCUT2D eigenvalue weighted by atomic mass is 35.5. The topological polar surface area (TPSA) is 39.1 Å². The third kappa shape index (κ3) is 3.41. The third-order valence-electron chi connectivity index (χ3n) is 2.82. The summed E-state index contributed by atoms with van der Waals surface area (Å²) in [6, 6.07) is 8.01. The van der Waals surface area contributed by atoms with Crippen molar-refractivity contribution in [1.82, 2.24) is 9.78 Å². The van der Waals surface area contributed by atoms with Crippen LogP contribution in [0.1, 0.15) is 25.6 Å². The Morgan fingerprint density at radius 2 is 2.16 bits per heavy atom. The van der Waals surface area contributed by atoms with E-state index < -0.39 is 0 Å². The average molecular weight is 280 g/mol. The number of anilines is 1. The number of methoxy groups -OCH3 is 1. The van der Waals surface area contributed by atoms with Gasteiger partial charge in [0, 0.05) is 24.0 Å². The van der Waals surface area contributed by atoms with Crippen LogP contribution < -0.4 is 10.1 Å². The Morgan fingerprint density at radius 1 is 1.37 bits per heavy atom. The van der Waals surface area contributed by atoms with Crippen molar-refractivity contribution >= 4 is 17.3 Å². The summed E-state index contributed by atoms with van der Waals surface area (Å²) < 4.78 is 7.13. The molecule has 0 spiro atoms. The van der Waals surface area contributed by atoms with Crippen molar-refractivity contribution in [1.29, 1.82) is 0 Å². The predicted molar refractivity (Wildman–Crippen MR) is 77.9 cm³/mol. The van der Waals surface area contributed by atoms with E-state index >= 15 is 0 Å². The minimum Gasteiger partial charge on any atom is -0.495 e. The SMILES string of the molecule is COc1cc(NCc2ccn(C(C)C)n2)ccc1Cl. The van der Waals surface area contributed by atoms with Crippen molar-refractivity contribution in [2.45, 2.75) is 26.4 Å². The van der Waals surface area contributed by atoms with Crippen molar-refractivity contribution in [3.63, 3.8) is 0 Å². The van der Waals surface area contributed by atoms with Gasteiger partial charge >= 0.3 is 0 Å². The van der Waals surface area contributed by atoms with E-state index in [1.807, 2.05) is 35.1 Å². The Morgan fingerprint density at radius 3 is 2.79 bits per heavy atom. The zero-order chi connectivity index (χ0) is 13.8. The molecule has 0 bridgehead atoms. The minimum absolute atomic E-state index is 0.379. The molecule has 0 aliphatic heterocycles. The number of ether oxygens (including phenoxy) is 1. The molecule has 0 atom stereocenters. The molecule has 4 nitrogen and oxygen atoms in total. The van der Waals surface area contributed by atoms with E-state index in [1.54, 1.807) is 7.11 Å². The van der Waals surface area contributed by atoms with Crippen LogP contribution in [0.25, 0.3) is 0 Å². The monoisotopic (exact) mass is 279 g/mol. The summed E-state index contributed by atoms with van der Waals surface area (Å²) in [5.41, 5.74) is 1.96. The Kier molecular flexibility index (Phi) is 4.32. The standard InChI is InChI=1S/C14H18ClN3O/c1-10(2)18-7-6-12(17-18)9-16-11-4-5-13(15)14(8-11)19-3/h4-8,10,16H,9H2,1-3H3. The molecule has 0 radical (unpaired) electrons. The van der Waals surface area contributed by atoms with Crippen molar-refractivity contribution < 1.29 is 4.74 Å². The molecular formula is C14H18ClN3O. The van der Waals surface area contributed by atoms with Gasteiger partial charge in [0.25, 0.3) is 0 Å². The van der Waals surface area contributed by atoms with Crippen LogP contribution in [0.15, 0.2) is 30.5 Å². The molecule has 0 amide bonds. The van der Waals surface area contributed by atoms with Crippen LogP contribution in [-0.4, -0.2) is 16.9 Å². The Hall–Kier alpha value is -1.68. The van der Waals surface area contributed by atoms with Gasteiger partial charge in [0.15, 0.2) is 0 Å². The number of nitrogens with zero attached hydrogens (tertiary/aromatic N) is 2. The first-order valence-corrected chi connectivity index (χ1v) is 6.59. The quantitative estimate of drug-likeness (QED) is 0.906. The zero-order valence-corrected chi connectivity index (χ0v) is 12.1. The van der Waals surface area contributed by atoms with E-state index in [-0.39, 0.29) is 0 Å². The summed E-state index contributed by atoms with van der Waals surface area (Å²) in [6.07, 6.45) is 1.99. The summed E-state index contributed by atoms with van der Waals surface area (Å²) in [6.45, 7) is 4.88. The molecule has 1 aromatic heterocycles. The van der Waals surface area contributed by atoms with Crippen LogP contribution in [0, 0.1) is 0 Å². The first-order valence-electron chi connectivity index (χ1n) is 6.21. The molecule has 0 saturated carbocycles. The van der Waals surface area contributed by atoms with Crippen LogP contribution in [0.5, 0.6) is 5.75 Å². The molecule has 0 aliphatic carbocycles. The van der Waals surface area contributed by atoms with Gasteiger partial charge in [-0.05, 0) is 32.0 Å². The predicted octanol–water partition coefficient (Wildman–Crippen LogP) is 3.74. The van der Waals surface area contributed by atoms with Crippen molar-refractivity contribution in [3.05, 3.63) is 41.2 Å². The van der Waals surface area contributed by atoms with E-state index in [2.05, 4.69) is 24.3 Å². The maximum Gasteiger partial charge on any atom is 0.139 e. The third-order valence-corrected chi connectivity index (χ3v) is 3.13. The summed E-state index contributed by atoms with van der Waals surface area (Å²) in [4.78, 5) is 0. The number of benzene rings is 1. The fourth-order valence-electron chi connectivity index (χ4n) is 1.72. The number of hydrogen-bond acceptors (Lipinski definition) is 3. The van der Waals surface area contributed by atoms with Gasteiger partial charge in [-0.3, -0.25) is 4.68 Å². The van der Waals surface area contributed by atoms with E-state index in [0.717, 1.165) is 11.4 Å². The fraction of sp³-hybridized carbons (Fsp3) is 0.357. The summed E-state index contributed by atoms with van der Waals surface area (Å²) in [7, 11) is 1.61. The van der Waals surface area contributed by atoms with Gasteiger partial charge in [0.2, 0.25) is 0 Å². The summed E-state index contributed by atoms with van der Waals surface area (Å²) in [5, 5.41) is 8.39. The van der Waals surface area contributed by atoms with Crippen LogP contribution >= 0.6 is 11.6 Å². The minimum atomic E-state index is 0.379. The Labute approximate surface area is 118 Å². The fourth-order valence-corrected chi connectivity index (χ4v) is 1.92. The van der Waals surface area contributed by atoms with Gasteiger partial charge in [-0.1, -0.05) is 11.6 Å². The molecule has 0 aliphatic rings. The second-order valence-electron chi connectivity index (χ2n) is 4.58. The molecule has 5 heteroatoms. The largest absolute Gasteiger partial charge is 0.495 e. The van der Waals surface area contributed by atoms with Gasteiger partial charge in [-0.25, -0.2) is 0 Å². The molecule has 1 heterocycles. The molecular weight excluding hydrogens is 262 g/mol. The lowest BCUT2D eigenvalue weighted by Gasteiger charge is -2.08.